The molecule has 1 aliphatic rings. The largest absolute Gasteiger partial charge is 0.491 e. The number of likely N-dealkylation sites (N-methyl/N-ethyl adjacent to an activating group) is 1. The first-order valence-electron chi connectivity index (χ1n) is 7.46. The van der Waals surface area contributed by atoms with Crippen molar-refractivity contribution in [2.24, 2.45) is 0 Å². The van der Waals surface area contributed by atoms with Crippen molar-refractivity contribution in [1.82, 2.24) is 9.80 Å². The molecule has 5 heteroatoms. The minimum atomic E-state index is -0.421. The van der Waals surface area contributed by atoms with Crippen LogP contribution in [0.15, 0.2) is 24.3 Å². The summed E-state index contributed by atoms with van der Waals surface area (Å²) in [5.41, 5.74) is 1.15. The van der Waals surface area contributed by atoms with Crippen LogP contribution in [-0.2, 0) is 16.0 Å². The molecule has 114 valence electrons. The van der Waals surface area contributed by atoms with Gasteiger partial charge in [-0.25, -0.2) is 0 Å². The molecule has 2 amide bonds. The van der Waals surface area contributed by atoms with Crippen molar-refractivity contribution in [3.8, 4) is 5.75 Å². The summed E-state index contributed by atoms with van der Waals surface area (Å²) in [5.74, 6) is 0.0270. The molecule has 0 aliphatic carbocycles. The molecule has 0 atom stereocenters. The van der Waals surface area contributed by atoms with Crippen molar-refractivity contribution in [3.05, 3.63) is 29.8 Å². The Bertz CT molecular complexity index is 516. The first kappa shape index (κ1) is 15.4. The molecule has 1 aromatic carbocycles. The van der Waals surface area contributed by atoms with Gasteiger partial charge in [0, 0.05) is 19.6 Å². The molecule has 1 heterocycles. The number of hydrogen-bond acceptors (Lipinski definition) is 3. The number of rotatable bonds is 6. The zero-order valence-corrected chi connectivity index (χ0v) is 12.7. The van der Waals surface area contributed by atoms with Gasteiger partial charge in [-0.1, -0.05) is 25.1 Å². The maximum Gasteiger partial charge on any atom is 0.312 e. The van der Waals surface area contributed by atoms with Gasteiger partial charge in [-0.05, 0) is 25.0 Å². The van der Waals surface area contributed by atoms with Gasteiger partial charge < -0.3 is 14.5 Å². The number of para-hydroxylation sites is 1. The lowest BCUT2D eigenvalue weighted by molar-refractivity contribution is -0.156. The molecule has 0 aromatic heterocycles. The fourth-order valence-electron chi connectivity index (χ4n) is 2.43. The number of amides is 2. The molecule has 1 saturated heterocycles. The third-order valence-electron chi connectivity index (χ3n) is 3.75. The molecule has 1 aromatic rings. The van der Waals surface area contributed by atoms with Gasteiger partial charge in [0.1, 0.15) is 12.4 Å². The van der Waals surface area contributed by atoms with E-state index in [4.69, 9.17) is 4.74 Å². The number of hydrogen-bond donors (Lipinski definition) is 0. The maximum atomic E-state index is 11.9. The van der Waals surface area contributed by atoms with E-state index in [0.717, 1.165) is 17.7 Å². The summed E-state index contributed by atoms with van der Waals surface area (Å²) in [6, 6.07) is 7.88. The molecular formula is C16H22N2O3. The van der Waals surface area contributed by atoms with Crippen LogP contribution in [0.25, 0.3) is 0 Å². The van der Waals surface area contributed by atoms with Gasteiger partial charge in [0.05, 0.1) is 6.54 Å². The van der Waals surface area contributed by atoms with Crippen LogP contribution in [0.1, 0.15) is 19.4 Å². The topological polar surface area (TPSA) is 49.9 Å². The molecular weight excluding hydrogens is 268 g/mol. The van der Waals surface area contributed by atoms with Crippen LogP contribution in [0.2, 0.25) is 0 Å². The second-order valence-corrected chi connectivity index (χ2v) is 4.99. The summed E-state index contributed by atoms with van der Waals surface area (Å²) in [7, 11) is 0. The number of piperazine rings is 1. The summed E-state index contributed by atoms with van der Waals surface area (Å²) in [4.78, 5) is 26.9. The normalized spacial score (nSPS) is 15.5. The van der Waals surface area contributed by atoms with E-state index in [1.165, 1.54) is 0 Å². The highest BCUT2D eigenvalue weighted by Crippen LogP contribution is 2.18. The van der Waals surface area contributed by atoms with Gasteiger partial charge in [0.2, 0.25) is 0 Å². The van der Waals surface area contributed by atoms with Crippen LogP contribution in [0.3, 0.4) is 0 Å². The van der Waals surface area contributed by atoms with Crippen molar-refractivity contribution >= 4 is 11.8 Å². The first-order valence-corrected chi connectivity index (χ1v) is 7.46. The number of nitrogens with zero attached hydrogens (tertiary/aromatic N) is 2. The Morgan fingerprint density at radius 1 is 1.05 bits per heavy atom. The maximum absolute atomic E-state index is 11.9. The van der Waals surface area contributed by atoms with Crippen LogP contribution in [0, 0.1) is 0 Å². The molecule has 21 heavy (non-hydrogen) atoms. The van der Waals surface area contributed by atoms with Crippen molar-refractivity contribution in [2.75, 3.05) is 32.8 Å². The minimum Gasteiger partial charge on any atom is -0.491 e. The fraction of sp³-hybridized carbons (Fsp3) is 0.500. The number of aryl methyl sites for hydroxylation is 1. The Morgan fingerprint density at radius 3 is 2.43 bits per heavy atom. The molecule has 0 radical (unpaired) electrons. The summed E-state index contributed by atoms with van der Waals surface area (Å²) in [6.07, 6.45) is 0.906. The quantitative estimate of drug-likeness (QED) is 0.742. The van der Waals surface area contributed by atoms with Gasteiger partial charge in [0.15, 0.2) is 0 Å². The molecule has 0 unspecified atom stereocenters. The summed E-state index contributed by atoms with van der Waals surface area (Å²) >= 11 is 0. The molecule has 0 spiro atoms. The standard InChI is InChI=1S/C16H22N2O3/c1-3-13-7-5-6-8-14(13)21-12-11-18-10-9-17(4-2)15(19)16(18)20/h5-8H,3-4,9-12H2,1-2H3. The van der Waals surface area contributed by atoms with Crippen LogP contribution in [0.4, 0.5) is 0 Å². The Morgan fingerprint density at radius 2 is 1.71 bits per heavy atom. The summed E-state index contributed by atoms with van der Waals surface area (Å²) in [6.45, 7) is 6.57. The average Bonchev–Trinajstić information content (AvgIpc) is 2.52. The molecule has 2 rings (SSSR count). The van der Waals surface area contributed by atoms with Crippen LogP contribution >= 0.6 is 0 Å². The molecule has 0 saturated carbocycles. The molecule has 0 N–H and O–H groups in total. The highest BCUT2D eigenvalue weighted by molar-refractivity contribution is 6.35. The van der Waals surface area contributed by atoms with Crippen molar-refractivity contribution in [2.45, 2.75) is 20.3 Å². The van der Waals surface area contributed by atoms with E-state index >= 15 is 0 Å². The van der Waals surface area contributed by atoms with Crippen LogP contribution in [0.5, 0.6) is 5.75 Å². The van der Waals surface area contributed by atoms with Crippen molar-refractivity contribution in [1.29, 1.82) is 0 Å². The lowest BCUT2D eigenvalue weighted by Gasteiger charge is -2.33. The van der Waals surface area contributed by atoms with Crippen molar-refractivity contribution in [3.63, 3.8) is 0 Å². The predicted molar refractivity (Wildman–Crippen MR) is 80.1 cm³/mol. The molecule has 1 aliphatic heterocycles. The zero-order valence-electron chi connectivity index (χ0n) is 12.7. The fourth-order valence-corrected chi connectivity index (χ4v) is 2.43. The molecule has 5 nitrogen and oxygen atoms in total. The van der Waals surface area contributed by atoms with E-state index in [1.54, 1.807) is 9.80 Å². The van der Waals surface area contributed by atoms with E-state index in [0.29, 0.717) is 32.8 Å². The molecule has 0 bridgehead atoms. The van der Waals surface area contributed by atoms with E-state index in [2.05, 4.69) is 6.92 Å². The van der Waals surface area contributed by atoms with E-state index in [9.17, 15) is 9.59 Å². The first-order chi connectivity index (χ1) is 10.2. The van der Waals surface area contributed by atoms with Gasteiger partial charge in [-0.2, -0.15) is 0 Å². The number of carbonyl (C=O) groups is 2. The van der Waals surface area contributed by atoms with Crippen LogP contribution < -0.4 is 4.74 Å². The van der Waals surface area contributed by atoms with Gasteiger partial charge in [0.25, 0.3) is 0 Å². The Hall–Kier alpha value is -2.04. The Labute approximate surface area is 125 Å². The smallest absolute Gasteiger partial charge is 0.312 e. The van der Waals surface area contributed by atoms with Gasteiger partial charge in [-0.3, -0.25) is 9.59 Å². The third kappa shape index (κ3) is 3.54. The summed E-state index contributed by atoms with van der Waals surface area (Å²) < 4.78 is 5.75. The minimum absolute atomic E-state index is 0.405. The predicted octanol–water partition coefficient (Wildman–Crippen LogP) is 1.32. The average molecular weight is 290 g/mol. The van der Waals surface area contributed by atoms with Crippen LogP contribution in [-0.4, -0.2) is 54.4 Å². The number of benzene rings is 1. The Kier molecular flexibility index (Phi) is 5.20. The van der Waals surface area contributed by atoms with Gasteiger partial charge >= 0.3 is 11.8 Å². The van der Waals surface area contributed by atoms with Gasteiger partial charge in [-0.15, -0.1) is 0 Å². The lowest BCUT2D eigenvalue weighted by atomic mass is 10.1. The Balaban J connectivity index is 1.86. The summed E-state index contributed by atoms with van der Waals surface area (Å²) in [5, 5.41) is 0. The van der Waals surface area contributed by atoms with E-state index in [1.807, 2.05) is 31.2 Å². The van der Waals surface area contributed by atoms with E-state index in [-0.39, 0.29) is 0 Å². The molecule has 1 fully saturated rings. The highest BCUT2D eigenvalue weighted by Gasteiger charge is 2.31. The number of ether oxygens (including phenoxy) is 1. The SMILES string of the molecule is CCc1ccccc1OCCN1CCN(CC)C(=O)C1=O. The van der Waals surface area contributed by atoms with Crippen molar-refractivity contribution < 1.29 is 14.3 Å². The monoisotopic (exact) mass is 290 g/mol. The number of carbonyl (C=O) groups excluding carboxylic acids is 2. The van der Waals surface area contributed by atoms with E-state index < -0.39 is 11.8 Å². The second kappa shape index (κ2) is 7.11. The highest BCUT2D eigenvalue weighted by atomic mass is 16.5. The second-order valence-electron chi connectivity index (χ2n) is 4.99. The lowest BCUT2D eigenvalue weighted by Crippen LogP contribution is -2.54. The zero-order chi connectivity index (χ0) is 15.2. The third-order valence-corrected chi connectivity index (χ3v) is 3.75.